The second kappa shape index (κ2) is 8.82. The number of hydrogen-bond donors (Lipinski definition) is 2. The molecule has 0 spiro atoms. The summed E-state index contributed by atoms with van der Waals surface area (Å²) in [6.45, 7) is 7.08. The molecule has 2 aromatic rings. The lowest BCUT2D eigenvalue weighted by Crippen LogP contribution is -2.49. The first-order valence-electron chi connectivity index (χ1n) is 9.46. The second-order valence-electron chi connectivity index (χ2n) is 7.27. The minimum Gasteiger partial charge on any atom is -0.335 e. The molecule has 0 aliphatic carbocycles. The number of imide groups is 1. The zero-order chi connectivity index (χ0) is 19.2. The van der Waals surface area contributed by atoms with Crippen LogP contribution in [-0.4, -0.2) is 36.0 Å². The van der Waals surface area contributed by atoms with Crippen LogP contribution in [-0.2, 0) is 6.54 Å². The van der Waals surface area contributed by atoms with Gasteiger partial charge in [-0.25, -0.2) is 4.79 Å². The van der Waals surface area contributed by atoms with Crippen LogP contribution >= 0.6 is 0 Å². The number of amides is 3. The van der Waals surface area contributed by atoms with E-state index < -0.39 is 6.03 Å². The van der Waals surface area contributed by atoms with Crippen molar-refractivity contribution in [2.45, 2.75) is 39.3 Å². The Morgan fingerprint density at radius 1 is 1.04 bits per heavy atom. The van der Waals surface area contributed by atoms with Gasteiger partial charge < -0.3 is 5.32 Å². The summed E-state index contributed by atoms with van der Waals surface area (Å²) in [5, 5.41) is 5.33. The van der Waals surface area contributed by atoms with E-state index in [0.29, 0.717) is 5.56 Å². The van der Waals surface area contributed by atoms with Gasteiger partial charge in [0.05, 0.1) is 0 Å². The number of benzene rings is 2. The molecule has 1 fully saturated rings. The number of rotatable bonds is 4. The summed E-state index contributed by atoms with van der Waals surface area (Å²) in [5.74, 6) is -0.375. The predicted octanol–water partition coefficient (Wildman–Crippen LogP) is 3.41. The second-order valence-corrected chi connectivity index (χ2v) is 7.27. The van der Waals surface area contributed by atoms with Crippen molar-refractivity contribution in [1.29, 1.82) is 0 Å². The molecule has 3 rings (SSSR count). The molecule has 0 radical (unpaired) electrons. The van der Waals surface area contributed by atoms with Gasteiger partial charge in [-0.1, -0.05) is 42.0 Å². The van der Waals surface area contributed by atoms with Crippen LogP contribution in [0.5, 0.6) is 0 Å². The van der Waals surface area contributed by atoms with E-state index in [-0.39, 0.29) is 11.9 Å². The third kappa shape index (κ3) is 5.41. The van der Waals surface area contributed by atoms with E-state index >= 15 is 0 Å². The van der Waals surface area contributed by atoms with Crippen molar-refractivity contribution in [1.82, 2.24) is 15.5 Å². The van der Waals surface area contributed by atoms with Gasteiger partial charge in [-0.15, -0.1) is 0 Å². The number of likely N-dealkylation sites (tertiary alicyclic amines) is 1. The Hall–Kier alpha value is -2.66. The first kappa shape index (κ1) is 19.1. The highest BCUT2D eigenvalue weighted by molar-refractivity contribution is 6.04. The Morgan fingerprint density at radius 3 is 2.44 bits per heavy atom. The van der Waals surface area contributed by atoms with Crippen molar-refractivity contribution < 1.29 is 9.59 Å². The Labute approximate surface area is 160 Å². The maximum Gasteiger partial charge on any atom is 0.321 e. The molecular formula is C22H27N3O2. The third-order valence-electron chi connectivity index (χ3n) is 5.08. The maximum absolute atomic E-state index is 12.1. The average Bonchev–Trinajstić information content (AvgIpc) is 2.67. The van der Waals surface area contributed by atoms with Crippen molar-refractivity contribution in [3.63, 3.8) is 0 Å². The Kier molecular flexibility index (Phi) is 6.24. The summed E-state index contributed by atoms with van der Waals surface area (Å²) in [6, 6.07) is 15.0. The van der Waals surface area contributed by atoms with E-state index in [1.165, 1.54) is 16.7 Å². The molecule has 0 unspecified atom stereocenters. The van der Waals surface area contributed by atoms with Gasteiger partial charge in [-0.05, 0) is 49.9 Å². The van der Waals surface area contributed by atoms with Gasteiger partial charge >= 0.3 is 6.03 Å². The number of nitrogens with zero attached hydrogens (tertiary/aromatic N) is 1. The first-order chi connectivity index (χ1) is 13.0. The summed E-state index contributed by atoms with van der Waals surface area (Å²) < 4.78 is 0. The monoisotopic (exact) mass is 365 g/mol. The van der Waals surface area contributed by atoms with Gasteiger partial charge in [0.25, 0.3) is 5.91 Å². The number of aryl methyl sites for hydroxylation is 2. The summed E-state index contributed by atoms with van der Waals surface area (Å²) in [7, 11) is 0. The van der Waals surface area contributed by atoms with Crippen LogP contribution in [0.3, 0.4) is 0 Å². The highest BCUT2D eigenvalue weighted by Crippen LogP contribution is 2.17. The zero-order valence-electron chi connectivity index (χ0n) is 16.0. The van der Waals surface area contributed by atoms with Gasteiger partial charge in [0.1, 0.15) is 0 Å². The fraction of sp³-hybridized carbons (Fsp3) is 0.364. The van der Waals surface area contributed by atoms with Crippen molar-refractivity contribution in [2.24, 2.45) is 0 Å². The predicted molar refractivity (Wildman–Crippen MR) is 107 cm³/mol. The van der Waals surface area contributed by atoms with Crippen LogP contribution in [0.25, 0.3) is 0 Å². The molecular weight excluding hydrogens is 338 g/mol. The number of carbonyl (C=O) groups excluding carboxylic acids is 2. The van der Waals surface area contributed by atoms with Crippen molar-refractivity contribution in [3.8, 4) is 0 Å². The van der Waals surface area contributed by atoms with Crippen molar-refractivity contribution >= 4 is 11.9 Å². The molecule has 1 aliphatic rings. The standard InChI is InChI=1S/C22H27N3O2/c1-16-8-9-17(2)19(14-16)15-25-12-10-20(11-13-25)23-22(27)24-21(26)18-6-4-3-5-7-18/h3-9,14,20H,10-13,15H2,1-2H3,(H2,23,24,26,27). The van der Waals surface area contributed by atoms with E-state index in [4.69, 9.17) is 0 Å². The molecule has 5 nitrogen and oxygen atoms in total. The SMILES string of the molecule is Cc1ccc(C)c(CN2CCC(NC(=O)NC(=O)c3ccccc3)CC2)c1. The highest BCUT2D eigenvalue weighted by atomic mass is 16.2. The molecule has 0 saturated carbocycles. The molecule has 2 N–H and O–H groups in total. The number of urea groups is 1. The van der Waals surface area contributed by atoms with E-state index in [9.17, 15) is 9.59 Å². The van der Waals surface area contributed by atoms with E-state index in [1.807, 2.05) is 6.07 Å². The summed E-state index contributed by atoms with van der Waals surface area (Å²) >= 11 is 0. The quantitative estimate of drug-likeness (QED) is 0.873. The van der Waals surface area contributed by atoms with Crippen LogP contribution in [0.4, 0.5) is 4.79 Å². The van der Waals surface area contributed by atoms with Crippen molar-refractivity contribution in [3.05, 3.63) is 70.8 Å². The third-order valence-corrected chi connectivity index (χ3v) is 5.08. The lowest BCUT2D eigenvalue weighted by atomic mass is 10.0. The molecule has 0 bridgehead atoms. The molecule has 2 aromatic carbocycles. The van der Waals surface area contributed by atoms with Crippen LogP contribution < -0.4 is 10.6 Å². The van der Waals surface area contributed by atoms with Gasteiger partial charge in [0, 0.05) is 31.2 Å². The fourth-order valence-corrected chi connectivity index (χ4v) is 3.43. The fourth-order valence-electron chi connectivity index (χ4n) is 3.43. The molecule has 27 heavy (non-hydrogen) atoms. The smallest absolute Gasteiger partial charge is 0.321 e. The van der Waals surface area contributed by atoms with E-state index in [0.717, 1.165) is 32.5 Å². The number of piperidine rings is 1. The molecule has 1 saturated heterocycles. The van der Waals surface area contributed by atoms with Gasteiger partial charge in [-0.2, -0.15) is 0 Å². The molecule has 5 heteroatoms. The number of nitrogens with one attached hydrogen (secondary N) is 2. The summed E-state index contributed by atoms with van der Waals surface area (Å²) in [5.41, 5.74) is 4.45. The normalized spacial score (nSPS) is 15.3. The number of carbonyl (C=O) groups is 2. The van der Waals surface area contributed by atoms with Gasteiger partial charge in [-0.3, -0.25) is 15.0 Å². The molecule has 0 aromatic heterocycles. The Morgan fingerprint density at radius 2 is 1.74 bits per heavy atom. The Balaban J connectivity index is 1.44. The van der Waals surface area contributed by atoms with E-state index in [1.54, 1.807) is 24.3 Å². The van der Waals surface area contributed by atoms with Crippen molar-refractivity contribution in [2.75, 3.05) is 13.1 Å². The van der Waals surface area contributed by atoms with Crippen LogP contribution in [0.1, 0.15) is 39.9 Å². The Bertz CT molecular complexity index is 796. The first-order valence-corrected chi connectivity index (χ1v) is 9.46. The molecule has 0 atom stereocenters. The summed E-state index contributed by atoms with van der Waals surface area (Å²) in [6.07, 6.45) is 1.77. The lowest BCUT2D eigenvalue weighted by molar-refractivity contribution is 0.0962. The molecule has 142 valence electrons. The molecule has 3 amide bonds. The molecule has 1 heterocycles. The van der Waals surface area contributed by atoms with E-state index in [2.05, 4.69) is 47.6 Å². The average molecular weight is 365 g/mol. The van der Waals surface area contributed by atoms with Crippen LogP contribution in [0.2, 0.25) is 0 Å². The highest BCUT2D eigenvalue weighted by Gasteiger charge is 2.22. The summed E-state index contributed by atoms with van der Waals surface area (Å²) in [4.78, 5) is 26.5. The topological polar surface area (TPSA) is 61.4 Å². The largest absolute Gasteiger partial charge is 0.335 e. The van der Waals surface area contributed by atoms with Gasteiger partial charge in [0.2, 0.25) is 0 Å². The minimum atomic E-state index is -0.420. The lowest BCUT2D eigenvalue weighted by Gasteiger charge is -2.32. The van der Waals surface area contributed by atoms with Gasteiger partial charge in [0.15, 0.2) is 0 Å². The molecule has 1 aliphatic heterocycles. The van der Waals surface area contributed by atoms with Crippen LogP contribution in [0.15, 0.2) is 48.5 Å². The maximum atomic E-state index is 12.1. The minimum absolute atomic E-state index is 0.100. The van der Waals surface area contributed by atoms with Crippen LogP contribution in [0, 0.1) is 13.8 Å². The number of hydrogen-bond acceptors (Lipinski definition) is 3. The zero-order valence-corrected chi connectivity index (χ0v) is 16.0.